The van der Waals surface area contributed by atoms with Gasteiger partial charge in [0.15, 0.2) is 0 Å². The van der Waals surface area contributed by atoms with Gasteiger partial charge in [-0.2, -0.15) is 0 Å². The van der Waals surface area contributed by atoms with Gasteiger partial charge < -0.3 is 10.2 Å². The summed E-state index contributed by atoms with van der Waals surface area (Å²) in [6, 6.07) is 16.5. The van der Waals surface area contributed by atoms with Crippen molar-refractivity contribution in [3.8, 4) is 0 Å². The molecule has 1 aliphatic rings. The molecule has 1 N–H and O–H groups in total. The number of halogens is 2. The number of rotatable bonds is 4. The van der Waals surface area contributed by atoms with Gasteiger partial charge in [0, 0.05) is 26.1 Å². The third-order valence-electron chi connectivity index (χ3n) is 4.27. The van der Waals surface area contributed by atoms with Crippen molar-refractivity contribution in [3.05, 3.63) is 71.5 Å². The van der Waals surface area contributed by atoms with Gasteiger partial charge in [0.2, 0.25) is 5.91 Å². The standard InChI is InChI=1S/C19H21FN2O.ClH/c20-17-8-4-7-16(13-17)18-14-21-11-12-22(18)19(23)10-9-15-5-2-1-3-6-15;/h1-8,13,18,21H,9-12,14H2;1H. The Balaban J connectivity index is 0.00000208. The Bertz CT molecular complexity index is 665. The van der Waals surface area contributed by atoms with Crippen molar-refractivity contribution in [1.82, 2.24) is 10.2 Å². The maximum atomic E-state index is 13.5. The Morgan fingerprint density at radius 2 is 1.96 bits per heavy atom. The minimum absolute atomic E-state index is 0. The number of carbonyl (C=O) groups is 1. The van der Waals surface area contributed by atoms with Gasteiger partial charge >= 0.3 is 0 Å². The second-order valence-corrected chi connectivity index (χ2v) is 5.85. The van der Waals surface area contributed by atoms with Crippen LogP contribution in [-0.4, -0.2) is 30.4 Å². The number of piperazine rings is 1. The summed E-state index contributed by atoms with van der Waals surface area (Å²) in [6.07, 6.45) is 1.22. The summed E-state index contributed by atoms with van der Waals surface area (Å²) < 4.78 is 13.5. The molecule has 24 heavy (non-hydrogen) atoms. The molecular formula is C19H22ClFN2O. The molecule has 1 amide bonds. The van der Waals surface area contributed by atoms with Gasteiger partial charge in [0.05, 0.1) is 6.04 Å². The number of hydrogen-bond donors (Lipinski definition) is 1. The van der Waals surface area contributed by atoms with Gasteiger partial charge in [-0.15, -0.1) is 12.4 Å². The lowest BCUT2D eigenvalue weighted by Gasteiger charge is -2.36. The van der Waals surface area contributed by atoms with Gasteiger partial charge in [-0.25, -0.2) is 4.39 Å². The van der Waals surface area contributed by atoms with Gasteiger partial charge in [-0.1, -0.05) is 42.5 Å². The van der Waals surface area contributed by atoms with E-state index in [9.17, 15) is 9.18 Å². The highest BCUT2D eigenvalue weighted by Gasteiger charge is 2.27. The normalized spacial score (nSPS) is 17.2. The third kappa shape index (κ3) is 4.56. The molecule has 0 radical (unpaired) electrons. The largest absolute Gasteiger partial charge is 0.333 e. The topological polar surface area (TPSA) is 32.3 Å². The Labute approximate surface area is 148 Å². The van der Waals surface area contributed by atoms with Gasteiger partial charge in [-0.3, -0.25) is 4.79 Å². The fourth-order valence-corrected chi connectivity index (χ4v) is 3.05. The molecular weight excluding hydrogens is 327 g/mol. The zero-order valence-corrected chi connectivity index (χ0v) is 14.3. The molecule has 0 aromatic heterocycles. The first-order chi connectivity index (χ1) is 11.2. The summed E-state index contributed by atoms with van der Waals surface area (Å²) in [6.45, 7) is 2.11. The van der Waals surface area contributed by atoms with Crippen LogP contribution in [0.5, 0.6) is 0 Å². The van der Waals surface area contributed by atoms with E-state index < -0.39 is 0 Å². The molecule has 1 atom stereocenters. The summed E-state index contributed by atoms with van der Waals surface area (Å²) >= 11 is 0. The molecule has 0 aliphatic carbocycles. The van der Waals surface area contributed by atoms with Crippen LogP contribution in [0.3, 0.4) is 0 Å². The summed E-state index contributed by atoms with van der Waals surface area (Å²) in [7, 11) is 0. The second-order valence-electron chi connectivity index (χ2n) is 5.85. The van der Waals surface area contributed by atoms with Gasteiger partial charge in [0.25, 0.3) is 0 Å². The molecule has 2 aromatic rings. The minimum atomic E-state index is -0.259. The number of amides is 1. The van der Waals surface area contributed by atoms with E-state index in [1.165, 1.54) is 17.7 Å². The number of benzene rings is 2. The molecule has 1 fully saturated rings. The van der Waals surface area contributed by atoms with E-state index in [1.807, 2.05) is 41.3 Å². The molecule has 0 bridgehead atoms. The predicted molar refractivity (Wildman–Crippen MR) is 95.7 cm³/mol. The zero-order valence-electron chi connectivity index (χ0n) is 13.5. The van der Waals surface area contributed by atoms with E-state index in [1.54, 1.807) is 6.07 Å². The first-order valence-electron chi connectivity index (χ1n) is 8.03. The first-order valence-corrected chi connectivity index (χ1v) is 8.03. The molecule has 2 aromatic carbocycles. The fraction of sp³-hybridized carbons (Fsp3) is 0.316. The van der Waals surface area contributed by atoms with Crippen LogP contribution in [0.4, 0.5) is 4.39 Å². The molecule has 1 aliphatic heterocycles. The van der Waals surface area contributed by atoms with Crippen molar-refractivity contribution in [2.24, 2.45) is 0 Å². The first kappa shape index (κ1) is 18.4. The molecule has 0 saturated carbocycles. The highest BCUT2D eigenvalue weighted by Crippen LogP contribution is 2.24. The molecule has 1 heterocycles. The second kappa shape index (κ2) is 8.81. The average Bonchev–Trinajstić information content (AvgIpc) is 2.60. The highest BCUT2D eigenvalue weighted by atomic mass is 35.5. The summed E-state index contributed by atoms with van der Waals surface area (Å²) in [5.74, 6) is -0.130. The highest BCUT2D eigenvalue weighted by molar-refractivity contribution is 5.85. The molecule has 3 rings (SSSR count). The molecule has 5 heteroatoms. The Morgan fingerprint density at radius 3 is 2.71 bits per heavy atom. The van der Waals surface area contributed by atoms with Crippen LogP contribution in [0.15, 0.2) is 54.6 Å². The number of carbonyl (C=O) groups excluding carboxylic acids is 1. The SMILES string of the molecule is Cl.O=C(CCc1ccccc1)N1CCNCC1c1cccc(F)c1. The number of aryl methyl sites for hydroxylation is 1. The Morgan fingerprint density at radius 1 is 1.17 bits per heavy atom. The maximum absolute atomic E-state index is 13.5. The smallest absolute Gasteiger partial charge is 0.223 e. The average molecular weight is 349 g/mol. The number of nitrogens with one attached hydrogen (secondary N) is 1. The number of hydrogen-bond acceptors (Lipinski definition) is 2. The lowest BCUT2D eigenvalue weighted by Crippen LogP contribution is -2.48. The summed E-state index contributed by atoms with van der Waals surface area (Å²) in [5.41, 5.74) is 2.02. The maximum Gasteiger partial charge on any atom is 0.223 e. The third-order valence-corrected chi connectivity index (χ3v) is 4.27. The van der Waals surface area contributed by atoms with E-state index in [0.29, 0.717) is 19.5 Å². The predicted octanol–water partition coefficient (Wildman–Crippen LogP) is 3.35. The van der Waals surface area contributed by atoms with Crippen molar-refractivity contribution in [1.29, 1.82) is 0 Å². The Hall–Kier alpha value is -1.91. The van der Waals surface area contributed by atoms with Crippen LogP contribution in [0.2, 0.25) is 0 Å². The van der Waals surface area contributed by atoms with Crippen LogP contribution < -0.4 is 5.32 Å². The van der Waals surface area contributed by atoms with Crippen molar-refractivity contribution in [3.63, 3.8) is 0 Å². The fourth-order valence-electron chi connectivity index (χ4n) is 3.05. The summed E-state index contributed by atoms with van der Waals surface area (Å²) in [5, 5.41) is 3.30. The van der Waals surface area contributed by atoms with Crippen molar-refractivity contribution in [2.75, 3.05) is 19.6 Å². The molecule has 0 spiro atoms. The lowest BCUT2D eigenvalue weighted by atomic mass is 10.0. The summed E-state index contributed by atoms with van der Waals surface area (Å²) in [4.78, 5) is 14.5. The molecule has 1 saturated heterocycles. The van der Waals surface area contributed by atoms with Crippen LogP contribution in [0, 0.1) is 5.82 Å². The number of nitrogens with zero attached hydrogens (tertiary/aromatic N) is 1. The van der Waals surface area contributed by atoms with Crippen LogP contribution in [-0.2, 0) is 11.2 Å². The van der Waals surface area contributed by atoms with Crippen molar-refractivity contribution >= 4 is 18.3 Å². The molecule has 128 valence electrons. The monoisotopic (exact) mass is 348 g/mol. The van der Waals surface area contributed by atoms with Gasteiger partial charge in [0.1, 0.15) is 5.82 Å². The Kier molecular flexibility index (Phi) is 6.76. The van der Waals surface area contributed by atoms with E-state index in [0.717, 1.165) is 18.5 Å². The van der Waals surface area contributed by atoms with E-state index in [4.69, 9.17) is 0 Å². The van der Waals surface area contributed by atoms with Crippen molar-refractivity contribution in [2.45, 2.75) is 18.9 Å². The lowest BCUT2D eigenvalue weighted by molar-refractivity contribution is -0.134. The van der Waals surface area contributed by atoms with Crippen LogP contribution in [0.25, 0.3) is 0 Å². The quantitative estimate of drug-likeness (QED) is 0.919. The minimum Gasteiger partial charge on any atom is -0.333 e. The molecule has 3 nitrogen and oxygen atoms in total. The van der Waals surface area contributed by atoms with E-state index in [2.05, 4.69) is 5.32 Å². The zero-order chi connectivity index (χ0) is 16.1. The van der Waals surface area contributed by atoms with Crippen molar-refractivity contribution < 1.29 is 9.18 Å². The molecule has 1 unspecified atom stereocenters. The van der Waals surface area contributed by atoms with E-state index in [-0.39, 0.29) is 30.2 Å². The van der Waals surface area contributed by atoms with Crippen LogP contribution >= 0.6 is 12.4 Å². The van der Waals surface area contributed by atoms with Gasteiger partial charge in [-0.05, 0) is 29.7 Å². The van der Waals surface area contributed by atoms with E-state index >= 15 is 0 Å². The van der Waals surface area contributed by atoms with Crippen LogP contribution in [0.1, 0.15) is 23.6 Å².